The van der Waals surface area contributed by atoms with Crippen LogP contribution in [0.2, 0.25) is 0 Å². The molecule has 2 atom stereocenters. The summed E-state index contributed by atoms with van der Waals surface area (Å²) in [6, 6.07) is 19.0. The summed E-state index contributed by atoms with van der Waals surface area (Å²) in [5.41, 5.74) is 4.87. The number of benzene rings is 2. The van der Waals surface area contributed by atoms with Gasteiger partial charge in [-0.3, -0.25) is 0 Å². The van der Waals surface area contributed by atoms with Gasteiger partial charge in [-0.2, -0.15) is 5.26 Å². The molecule has 2 heteroatoms. The van der Waals surface area contributed by atoms with Gasteiger partial charge >= 0.3 is 0 Å². The van der Waals surface area contributed by atoms with Crippen LogP contribution in [0.25, 0.3) is 0 Å². The average molecular weight is 262 g/mol. The van der Waals surface area contributed by atoms with E-state index < -0.39 is 0 Å². The molecule has 2 unspecified atom stereocenters. The normalized spacial score (nSPS) is 17.7. The molecule has 0 saturated heterocycles. The smallest absolute Gasteiger partial charge is 0.0991 e. The van der Waals surface area contributed by atoms with Gasteiger partial charge in [0, 0.05) is 18.5 Å². The van der Waals surface area contributed by atoms with Crippen molar-refractivity contribution in [2.45, 2.75) is 25.3 Å². The third-order valence-corrected chi connectivity index (χ3v) is 4.15. The zero-order valence-electron chi connectivity index (χ0n) is 11.6. The summed E-state index contributed by atoms with van der Waals surface area (Å²) >= 11 is 0. The van der Waals surface area contributed by atoms with E-state index in [1.54, 1.807) is 0 Å². The van der Waals surface area contributed by atoms with Gasteiger partial charge in [-0.1, -0.05) is 36.4 Å². The SMILES string of the molecule is CC(NCC1Cc2ccccc21)c1cccc(C#N)c1. The van der Waals surface area contributed by atoms with Crippen molar-refractivity contribution in [2.75, 3.05) is 6.54 Å². The van der Waals surface area contributed by atoms with Crippen LogP contribution in [0, 0.1) is 11.3 Å². The molecule has 0 fully saturated rings. The molecule has 2 aromatic carbocycles. The Morgan fingerprint density at radius 3 is 2.90 bits per heavy atom. The average Bonchev–Trinajstić information content (AvgIpc) is 2.48. The quantitative estimate of drug-likeness (QED) is 0.914. The van der Waals surface area contributed by atoms with Gasteiger partial charge in [0.25, 0.3) is 0 Å². The van der Waals surface area contributed by atoms with Crippen molar-refractivity contribution in [3.8, 4) is 6.07 Å². The fraction of sp³-hybridized carbons (Fsp3) is 0.278. The van der Waals surface area contributed by atoms with Crippen LogP contribution >= 0.6 is 0 Å². The number of hydrogen-bond acceptors (Lipinski definition) is 2. The maximum Gasteiger partial charge on any atom is 0.0991 e. The number of rotatable bonds is 4. The molecule has 1 aliphatic carbocycles. The van der Waals surface area contributed by atoms with Crippen LogP contribution in [0.15, 0.2) is 48.5 Å². The van der Waals surface area contributed by atoms with Crippen LogP contribution in [-0.2, 0) is 6.42 Å². The summed E-state index contributed by atoms with van der Waals surface area (Å²) in [7, 11) is 0. The molecule has 0 aliphatic heterocycles. The lowest BCUT2D eigenvalue weighted by Gasteiger charge is -2.31. The summed E-state index contributed by atoms with van der Waals surface area (Å²) in [6.45, 7) is 3.15. The largest absolute Gasteiger partial charge is 0.310 e. The number of nitriles is 1. The highest BCUT2D eigenvalue weighted by molar-refractivity contribution is 5.40. The molecule has 1 aliphatic rings. The molecular formula is C18H18N2. The summed E-state index contributed by atoms with van der Waals surface area (Å²) in [6.07, 6.45) is 1.17. The minimum Gasteiger partial charge on any atom is -0.310 e. The molecule has 0 amide bonds. The van der Waals surface area contributed by atoms with Gasteiger partial charge in [-0.15, -0.1) is 0 Å². The zero-order valence-corrected chi connectivity index (χ0v) is 11.6. The topological polar surface area (TPSA) is 35.8 Å². The van der Waals surface area contributed by atoms with Crippen LogP contribution < -0.4 is 5.32 Å². The van der Waals surface area contributed by atoms with Gasteiger partial charge in [0.1, 0.15) is 0 Å². The van der Waals surface area contributed by atoms with Crippen molar-refractivity contribution in [1.29, 1.82) is 5.26 Å². The lowest BCUT2D eigenvalue weighted by atomic mass is 9.77. The Bertz CT molecular complexity index is 654. The molecule has 0 radical (unpaired) electrons. The molecule has 0 heterocycles. The molecule has 20 heavy (non-hydrogen) atoms. The van der Waals surface area contributed by atoms with E-state index in [2.05, 4.69) is 48.6 Å². The minimum absolute atomic E-state index is 0.274. The van der Waals surface area contributed by atoms with Crippen LogP contribution in [-0.4, -0.2) is 6.54 Å². The second-order valence-electron chi connectivity index (χ2n) is 5.47. The second-order valence-corrected chi connectivity index (χ2v) is 5.47. The highest BCUT2D eigenvalue weighted by atomic mass is 14.9. The zero-order chi connectivity index (χ0) is 13.9. The lowest BCUT2D eigenvalue weighted by Crippen LogP contribution is -2.30. The van der Waals surface area contributed by atoms with E-state index in [1.807, 2.05) is 18.2 Å². The van der Waals surface area contributed by atoms with Crippen LogP contribution in [0.5, 0.6) is 0 Å². The number of fused-ring (bicyclic) bond motifs is 1. The highest BCUT2D eigenvalue weighted by Crippen LogP contribution is 2.34. The van der Waals surface area contributed by atoms with Gasteiger partial charge in [0.05, 0.1) is 11.6 Å². The third kappa shape index (κ3) is 2.45. The molecule has 2 nitrogen and oxygen atoms in total. The molecule has 0 saturated carbocycles. The standard InChI is InChI=1S/C18H18N2/c1-13(15-7-4-5-14(9-15)11-19)20-12-17-10-16-6-2-3-8-18(16)17/h2-9,13,17,20H,10,12H2,1H3. The van der Waals surface area contributed by atoms with Gasteiger partial charge < -0.3 is 5.32 Å². The van der Waals surface area contributed by atoms with E-state index in [4.69, 9.17) is 5.26 Å². The second kappa shape index (κ2) is 5.48. The van der Waals surface area contributed by atoms with Crippen molar-refractivity contribution in [2.24, 2.45) is 0 Å². The first kappa shape index (κ1) is 12.9. The van der Waals surface area contributed by atoms with Crippen LogP contribution in [0.4, 0.5) is 0 Å². The predicted octanol–water partition coefficient (Wildman–Crippen LogP) is 3.55. The van der Waals surface area contributed by atoms with Crippen molar-refractivity contribution in [3.05, 3.63) is 70.8 Å². The molecule has 0 bridgehead atoms. The molecule has 0 aromatic heterocycles. The van der Waals surface area contributed by atoms with Gasteiger partial charge in [-0.05, 0) is 42.2 Å². The molecule has 1 N–H and O–H groups in total. The molecule has 2 aromatic rings. The van der Waals surface area contributed by atoms with Gasteiger partial charge in [0.15, 0.2) is 0 Å². The number of nitrogens with zero attached hydrogens (tertiary/aromatic N) is 1. The van der Waals surface area contributed by atoms with Crippen molar-refractivity contribution in [3.63, 3.8) is 0 Å². The van der Waals surface area contributed by atoms with E-state index >= 15 is 0 Å². The maximum atomic E-state index is 8.95. The lowest BCUT2D eigenvalue weighted by molar-refractivity contribution is 0.489. The highest BCUT2D eigenvalue weighted by Gasteiger charge is 2.25. The molecular weight excluding hydrogens is 244 g/mol. The monoisotopic (exact) mass is 262 g/mol. The maximum absolute atomic E-state index is 8.95. The first-order valence-electron chi connectivity index (χ1n) is 7.09. The summed E-state index contributed by atoms with van der Waals surface area (Å²) in [5.74, 6) is 0.632. The Hall–Kier alpha value is -2.11. The van der Waals surface area contributed by atoms with Crippen LogP contribution in [0.3, 0.4) is 0 Å². The Balaban J connectivity index is 1.61. The van der Waals surface area contributed by atoms with E-state index in [-0.39, 0.29) is 6.04 Å². The van der Waals surface area contributed by atoms with E-state index in [0.29, 0.717) is 5.92 Å². The molecule has 100 valence electrons. The van der Waals surface area contributed by atoms with Crippen molar-refractivity contribution < 1.29 is 0 Å². The Morgan fingerprint density at radius 2 is 2.10 bits per heavy atom. The van der Waals surface area contributed by atoms with E-state index in [1.165, 1.54) is 23.1 Å². The Kier molecular flexibility index (Phi) is 3.54. The van der Waals surface area contributed by atoms with E-state index in [0.717, 1.165) is 12.1 Å². The van der Waals surface area contributed by atoms with Gasteiger partial charge in [0.2, 0.25) is 0 Å². The van der Waals surface area contributed by atoms with Gasteiger partial charge in [-0.25, -0.2) is 0 Å². The summed E-state index contributed by atoms with van der Waals surface area (Å²) < 4.78 is 0. The third-order valence-electron chi connectivity index (χ3n) is 4.15. The molecule has 3 rings (SSSR count). The Morgan fingerprint density at radius 1 is 1.25 bits per heavy atom. The van der Waals surface area contributed by atoms with E-state index in [9.17, 15) is 0 Å². The molecule has 0 spiro atoms. The van der Waals surface area contributed by atoms with Crippen molar-refractivity contribution >= 4 is 0 Å². The fourth-order valence-corrected chi connectivity index (χ4v) is 2.86. The minimum atomic E-state index is 0.274. The fourth-order valence-electron chi connectivity index (χ4n) is 2.86. The Labute approximate surface area is 120 Å². The first-order chi connectivity index (χ1) is 9.78. The predicted molar refractivity (Wildman–Crippen MR) is 80.5 cm³/mol. The van der Waals surface area contributed by atoms with Crippen molar-refractivity contribution in [1.82, 2.24) is 5.32 Å². The summed E-state index contributed by atoms with van der Waals surface area (Å²) in [5, 5.41) is 12.5. The summed E-state index contributed by atoms with van der Waals surface area (Å²) in [4.78, 5) is 0. The number of hydrogen-bond donors (Lipinski definition) is 1. The number of nitrogens with one attached hydrogen (secondary N) is 1. The van der Waals surface area contributed by atoms with Crippen LogP contribution in [0.1, 0.15) is 41.1 Å². The first-order valence-corrected chi connectivity index (χ1v) is 7.09.